The van der Waals surface area contributed by atoms with E-state index in [1.54, 1.807) is 0 Å². The molecule has 1 heterocycles. The fourth-order valence-corrected chi connectivity index (χ4v) is 3.88. The molecule has 1 saturated heterocycles. The quantitative estimate of drug-likeness (QED) is 0.845. The van der Waals surface area contributed by atoms with Crippen LogP contribution in [-0.2, 0) is 19.9 Å². The van der Waals surface area contributed by atoms with Crippen LogP contribution in [0.5, 0.6) is 0 Å². The Kier molecular flexibility index (Phi) is 4.33. The van der Waals surface area contributed by atoms with Gasteiger partial charge in [-0.25, -0.2) is 4.79 Å². The summed E-state index contributed by atoms with van der Waals surface area (Å²) in [4.78, 5) is 11.5. The number of nitrogens with one attached hydrogen (secondary N) is 1. The van der Waals surface area contributed by atoms with Crippen LogP contribution in [0.1, 0.15) is 24.8 Å². The molecule has 3 unspecified atom stereocenters. The minimum Gasteiger partial charge on any atom is -0.467 e. The zero-order valence-electron chi connectivity index (χ0n) is 12.1. The van der Waals surface area contributed by atoms with Gasteiger partial charge in [0.05, 0.1) is 12.7 Å². The monoisotopic (exact) mass is 353 g/mol. The minimum atomic E-state index is -0.380. The number of halogens is 1. The minimum absolute atomic E-state index is 0.00767. The van der Waals surface area contributed by atoms with Crippen LogP contribution in [0.25, 0.3) is 0 Å². The van der Waals surface area contributed by atoms with E-state index in [1.807, 2.05) is 12.1 Å². The predicted molar refractivity (Wildman–Crippen MR) is 82.9 cm³/mol. The van der Waals surface area contributed by atoms with Crippen molar-refractivity contribution in [3.05, 3.63) is 34.3 Å². The van der Waals surface area contributed by atoms with Crippen molar-refractivity contribution in [3.63, 3.8) is 0 Å². The molecular weight excluding hydrogens is 334 g/mol. The van der Waals surface area contributed by atoms with Crippen LogP contribution in [-0.4, -0.2) is 32.3 Å². The van der Waals surface area contributed by atoms with E-state index in [2.05, 4.69) is 33.4 Å². The Morgan fingerprint density at radius 3 is 2.90 bits per heavy atom. The Labute approximate surface area is 133 Å². The van der Waals surface area contributed by atoms with Crippen molar-refractivity contribution in [2.75, 3.05) is 20.3 Å². The molecule has 1 N–H and O–H groups in total. The summed E-state index contributed by atoms with van der Waals surface area (Å²) in [6.45, 7) is 0.954. The molecule has 1 aromatic carbocycles. The van der Waals surface area contributed by atoms with Gasteiger partial charge in [-0.2, -0.15) is 0 Å². The summed E-state index contributed by atoms with van der Waals surface area (Å²) in [5.74, 6) is 0.0849. The number of ether oxygens (including phenoxy) is 2. The highest BCUT2D eigenvalue weighted by Crippen LogP contribution is 2.47. The number of hydrogen-bond acceptors (Lipinski definition) is 4. The van der Waals surface area contributed by atoms with Crippen LogP contribution in [0, 0.1) is 5.92 Å². The topological polar surface area (TPSA) is 47.6 Å². The summed E-state index contributed by atoms with van der Waals surface area (Å²) in [5.41, 5.74) is 0.774. The third kappa shape index (κ3) is 2.87. The summed E-state index contributed by atoms with van der Waals surface area (Å²) < 4.78 is 11.9. The van der Waals surface area contributed by atoms with E-state index in [0.717, 1.165) is 35.8 Å². The van der Waals surface area contributed by atoms with Gasteiger partial charge in [-0.3, -0.25) is 0 Å². The summed E-state index contributed by atoms with van der Waals surface area (Å²) >= 11 is 3.47. The molecule has 1 aliphatic heterocycles. The largest absolute Gasteiger partial charge is 0.467 e. The highest BCUT2D eigenvalue weighted by molar-refractivity contribution is 9.10. The first-order valence-corrected chi connectivity index (χ1v) is 8.13. The van der Waals surface area contributed by atoms with E-state index in [0.29, 0.717) is 12.0 Å². The molecule has 3 atom stereocenters. The summed E-state index contributed by atoms with van der Waals surface area (Å²) in [6.07, 6.45) is 3.12. The average Bonchev–Trinajstić information content (AvgIpc) is 2.91. The van der Waals surface area contributed by atoms with Crippen molar-refractivity contribution in [1.82, 2.24) is 5.32 Å². The number of carbonyl (C=O) groups is 1. The SMILES string of the molecule is COC(=O)COC1(c2ccc(Br)cc2)CCC2CC1CN2. The lowest BCUT2D eigenvalue weighted by atomic mass is 9.72. The van der Waals surface area contributed by atoms with Crippen molar-refractivity contribution >= 4 is 21.9 Å². The molecule has 0 spiro atoms. The van der Waals surface area contributed by atoms with E-state index >= 15 is 0 Å². The molecule has 1 aromatic rings. The van der Waals surface area contributed by atoms with Crippen molar-refractivity contribution in [2.45, 2.75) is 30.9 Å². The van der Waals surface area contributed by atoms with Gasteiger partial charge in [0.25, 0.3) is 0 Å². The zero-order valence-corrected chi connectivity index (χ0v) is 13.7. The molecule has 2 fully saturated rings. The molecule has 2 aliphatic rings. The maximum atomic E-state index is 11.5. The van der Waals surface area contributed by atoms with Crippen LogP contribution in [0.3, 0.4) is 0 Å². The molecule has 0 aromatic heterocycles. The Morgan fingerprint density at radius 1 is 1.43 bits per heavy atom. The normalized spacial score (nSPS) is 31.1. The van der Waals surface area contributed by atoms with Crippen molar-refractivity contribution in [1.29, 1.82) is 0 Å². The van der Waals surface area contributed by atoms with Crippen LogP contribution in [0.15, 0.2) is 28.7 Å². The van der Waals surface area contributed by atoms with E-state index in [-0.39, 0.29) is 18.2 Å². The van der Waals surface area contributed by atoms with Crippen molar-refractivity contribution < 1.29 is 14.3 Å². The van der Waals surface area contributed by atoms with Crippen LogP contribution in [0.4, 0.5) is 0 Å². The van der Waals surface area contributed by atoms with Crippen LogP contribution >= 0.6 is 15.9 Å². The van der Waals surface area contributed by atoms with Gasteiger partial charge in [0.2, 0.25) is 0 Å². The number of rotatable bonds is 4. The Balaban J connectivity index is 1.90. The van der Waals surface area contributed by atoms with Gasteiger partial charge in [0.1, 0.15) is 6.61 Å². The van der Waals surface area contributed by atoms with Crippen LogP contribution < -0.4 is 5.32 Å². The van der Waals surface area contributed by atoms with Gasteiger partial charge in [-0.15, -0.1) is 0 Å². The lowest BCUT2D eigenvalue weighted by Gasteiger charge is -2.42. The smallest absolute Gasteiger partial charge is 0.331 e. The second kappa shape index (κ2) is 6.07. The predicted octanol–water partition coefficient (Wildman–Crippen LogP) is 2.61. The number of hydrogen-bond donors (Lipinski definition) is 1. The molecule has 114 valence electrons. The lowest BCUT2D eigenvalue weighted by molar-refractivity contribution is -0.161. The molecule has 3 rings (SSSR count). The Hall–Kier alpha value is -0.910. The molecule has 4 nitrogen and oxygen atoms in total. The van der Waals surface area contributed by atoms with Crippen LogP contribution in [0.2, 0.25) is 0 Å². The first-order valence-electron chi connectivity index (χ1n) is 7.34. The van der Waals surface area contributed by atoms with Gasteiger partial charge in [0.15, 0.2) is 0 Å². The standard InChI is InChI=1S/C16H20BrNO3/c1-20-15(19)10-21-16(11-2-4-13(17)5-3-11)7-6-14-8-12(16)9-18-14/h2-5,12,14,18H,6-10H2,1H3. The fraction of sp³-hybridized carbons (Fsp3) is 0.562. The molecule has 2 bridgehead atoms. The molecule has 21 heavy (non-hydrogen) atoms. The Bertz CT molecular complexity index is 519. The highest BCUT2D eigenvalue weighted by atomic mass is 79.9. The number of methoxy groups -OCH3 is 1. The molecular formula is C16H20BrNO3. The lowest BCUT2D eigenvalue weighted by Crippen LogP contribution is -2.42. The van der Waals surface area contributed by atoms with Gasteiger partial charge in [0, 0.05) is 23.0 Å². The van der Waals surface area contributed by atoms with E-state index in [4.69, 9.17) is 9.47 Å². The Morgan fingerprint density at radius 2 is 2.19 bits per heavy atom. The molecule has 0 radical (unpaired) electrons. The molecule has 0 amide bonds. The maximum absolute atomic E-state index is 11.5. The molecule has 5 heteroatoms. The fourth-order valence-electron chi connectivity index (χ4n) is 3.62. The van der Waals surface area contributed by atoms with E-state index in [9.17, 15) is 4.79 Å². The van der Waals surface area contributed by atoms with Gasteiger partial charge >= 0.3 is 5.97 Å². The second-order valence-electron chi connectivity index (χ2n) is 5.84. The first kappa shape index (κ1) is 15.0. The summed E-state index contributed by atoms with van der Waals surface area (Å²) in [5, 5.41) is 3.55. The highest BCUT2D eigenvalue weighted by Gasteiger charge is 2.49. The third-order valence-corrected chi connectivity index (χ3v) is 5.28. The number of benzene rings is 1. The maximum Gasteiger partial charge on any atom is 0.331 e. The molecule has 1 aliphatic carbocycles. The number of fused-ring (bicyclic) bond motifs is 2. The first-order chi connectivity index (χ1) is 10.1. The van der Waals surface area contributed by atoms with Crippen molar-refractivity contribution in [3.8, 4) is 0 Å². The number of carbonyl (C=O) groups excluding carboxylic acids is 1. The summed E-state index contributed by atoms with van der Waals surface area (Å²) in [7, 11) is 1.39. The third-order valence-electron chi connectivity index (χ3n) is 4.75. The van der Waals surface area contributed by atoms with Gasteiger partial charge < -0.3 is 14.8 Å². The van der Waals surface area contributed by atoms with Crippen molar-refractivity contribution in [2.24, 2.45) is 5.92 Å². The number of esters is 1. The second-order valence-corrected chi connectivity index (χ2v) is 6.75. The molecule has 1 saturated carbocycles. The zero-order chi connectivity index (χ0) is 14.9. The summed E-state index contributed by atoms with van der Waals surface area (Å²) in [6, 6.07) is 8.86. The van der Waals surface area contributed by atoms with E-state index in [1.165, 1.54) is 7.11 Å². The van der Waals surface area contributed by atoms with E-state index < -0.39 is 0 Å². The average molecular weight is 354 g/mol. The van der Waals surface area contributed by atoms with Gasteiger partial charge in [-0.1, -0.05) is 28.1 Å². The van der Waals surface area contributed by atoms with Gasteiger partial charge in [-0.05, 0) is 37.0 Å².